The Kier molecular flexibility index (Phi) is 14.0. The van der Waals surface area contributed by atoms with E-state index in [4.69, 9.17) is 8.37 Å². The summed E-state index contributed by atoms with van der Waals surface area (Å²) in [5, 5.41) is 1.25. The molecule has 0 radical (unpaired) electrons. The van der Waals surface area contributed by atoms with Gasteiger partial charge in [0, 0.05) is 0 Å². The number of hydrogen-bond acceptors (Lipinski definition) is 6. The van der Waals surface area contributed by atoms with E-state index in [9.17, 15) is 16.8 Å². The van der Waals surface area contributed by atoms with Gasteiger partial charge >= 0.3 is 0 Å². The Balaban J connectivity index is 1.91. The Morgan fingerprint density at radius 2 is 0.861 bits per heavy atom. The van der Waals surface area contributed by atoms with Gasteiger partial charge in [0.25, 0.3) is 20.2 Å². The van der Waals surface area contributed by atoms with Gasteiger partial charge in [-0.2, -0.15) is 16.8 Å². The van der Waals surface area contributed by atoms with Crippen LogP contribution in [0.25, 0.3) is 10.8 Å². The third kappa shape index (κ3) is 10.9. The molecule has 204 valence electrons. The van der Waals surface area contributed by atoms with Gasteiger partial charge in [-0.1, -0.05) is 103 Å². The number of benzene rings is 2. The van der Waals surface area contributed by atoms with E-state index in [2.05, 4.69) is 13.8 Å². The monoisotopic (exact) mass is 540 g/mol. The molecule has 0 aromatic heterocycles. The van der Waals surface area contributed by atoms with Crippen LogP contribution in [0.5, 0.6) is 0 Å². The molecular weight excluding hydrogens is 496 g/mol. The smallest absolute Gasteiger partial charge is 0.266 e. The highest BCUT2D eigenvalue weighted by Gasteiger charge is 2.18. The summed E-state index contributed by atoms with van der Waals surface area (Å²) in [7, 11) is -7.82. The maximum absolute atomic E-state index is 12.7. The molecule has 0 atom stereocenters. The first-order chi connectivity index (χ1) is 17.3. The number of rotatable bonds is 20. The maximum atomic E-state index is 12.7. The number of unbranched alkanes of at least 4 members (excludes halogenated alkanes) is 12. The summed E-state index contributed by atoms with van der Waals surface area (Å²) in [6, 6.07) is 9.24. The minimum atomic E-state index is -3.91. The zero-order chi connectivity index (χ0) is 26.3. The lowest BCUT2D eigenvalue weighted by molar-refractivity contribution is 0.305. The van der Waals surface area contributed by atoms with Gasteiger partial charge < -0.3 is 0 Å². The quantitative estimate of drug-likeness (QED) is 0.126. The molecule has 36 heavy (non-hydrogen) atoms. The summed E-state index contributed by atoms with van der Waals surface area (Å²) in [6.45, 7) is 4.65. The van der Waals surface area contributed by atoms with Crippen molar-refractivity contribution in [2.45, 2.75) is 114 Å². The van der Waals surface area contributed by atoms with Crippen molar-refractivity contribution in [3.05, 3.63) is 36.4 Å². The molecule has 0 saturated heterocycles. The van der Waals surface area contributed by atoms with Gasteiger partial charge in [-0.05, 0) is 47.9 Å². The second kappa shape index (κ2) is 16.4. The second-order valence-corrected chi connectivity index (χ2v) is 12.7. The van der Waals surface area contributed by atoms with Gasteiger partial charge in [0.2, 0.25) is 0 Å². The molecule has 0 saturated carbocycles. The van der Waals surface area contributed by atoms with Crippen LogP contribution in [0.4, 0.5) is 0 Å². The molecule has 0 fully saturated rings. The lowest BCUT2D eigenvalue weighted by Crippen LogP contribution is -2.08. The normalized spacial score (nSPS) is 12.4. The Morgan fingerprint density at radius 3 is 1.25 bits per heavy atom. The molecule has 0 unspecified atom stereocenters. The number of hydrogen-bond donors (Lipinski definition) is 0. The van der Waals surface area contributed by atoms with Crippen LogP contribution in [-0.4, -0.2) is 30.0 Å². The van der Waals surface area contributed by atoms with E-state index in [1.807, 2.05) is 0 Å². The molecule has 0 aliphatic carbocycles. The zero-order valence-corrected chi connectivity index (χ0v) is 23.7. The van der Waals surface area contributed by atoms with E-state index in [1.54, 1.807) is 12.1 Å². The Bertz CT molecular complexity index is 1030. The van der Waals surface area contributed by atoms with Gasteiger partial charge in [-0.3, -0.25) is 8.37 Å². The fraction of sp³-hybridized carbons (Fsp3) is 0.643. The average molecular weight is 541 g/mol. The van der Waals surface area contributed by atoms with Crippen LogP contribution in [-0.2, 0) is 28.6 Å². The van der Waals surface area contributed by atoms with E-state index in [0.29, 0.717) is 18.2 Å². The summed E-state index contributed by atoms with van der Waals surface area (Å²) >= 11 is 0. The largest absolute Gasteiger partial charge is 0.296 e. The van der Waals surface area contributed by atoms with E-state index in [-0.39, 0.29) is 23.0 Å². The predicted molar refractivity (Wildman–Crippen MR) is 146 cm³/mol. The van der Waals surface area contributed by atoms with Gasteiger partial charge in [0.15, 0.2) is 0 Å². The molecule has 0 amide bonds. The van der Waals surface area contributed by atoms with E-state index >= 15 is 0 Å². The van der Waals surface area contributed by atoms with Gasteiger partial charge in [0.05, 0.1) is 23.0 Å². The van der Waals surface area contributed by atoms with Crippen molar-refractivity contribution in [2.75, 3.05) is 13.2 Å². The Hall–Kier alpha value is -1.48. The van der Waals surface area contributed by atoms with Crippen LogP contribution in [0.3, 0.4) is 0 Å². The van der Waals surface area contributed by atoms with E-state index in [0.717, 1.165) is 31.1 Å². The molecule has 2 aromatic carbocycles. The lowest BCUT2D eigenvalue weighted by Gasteiger charge is -2.09. The fourth-order valence-corrected chi connectivity index (χ4v) is 6.06. The molecule has 0 bridgehead atoms. The first kappa shape index (κ1) is 30.7. The second-order valence-electron chi connectivity index (χ2n) is 9.47. The minimum Gasteiger partial charge on any atom is -0.266 e. The first-order valence-electron chi connectivity index (χ1n) is 13.6. The van der Waals surface area contributed by atoms with Crippen molar-refractivity contribution in [3.63, 3.8) is 0 Å². The van der Waals surface area contributed by atoms with E-state index < -0.39 is 20.2 Å². The SMILES string of the molecule is CCCCCCCCCOS(=O)(=O)c1ccc2ccc(S(=O)(=O)OCCCCCCCCC)cc2c1. The van der Waals surface area contributed by atoms with Crippen molar-refractivity contribution < 1.29 is 25.2 Å². The summed E-state index contributed by atoms with van der Waals surface area (Å²) in [5.41, 5.74) is 0. The van der Waals surface area contributed by atoms with Crippen LogP contribution in [0, 0.1) is 0 Å². The van der Waals surface area contributed by atoms with E-state index in [1.165, 1.54) is 75.6 Å². The summed E-state index contributed by atoms with van der Waals surface area (Å²) < 4.78 is 61.1. The van der Waals surface area contributed by atoms with Crippen LogP contribution in [0.2, 0.25) is 0 Å². The third-order valence-electron chi connectivity index (χ3n) is 6.33. The molecule has 0 heterocycles. The third-order valence-corrected chi connectivity index (χ3v) is 8.95. The topological polar surface area (TPSA) is 86.7 Å². The van der Waals surface area contributed by atoms with Crippen LogP contribution in [0.15, 0.2) is 46.2 Å². The van der Waals surface area contributed by atoms with Crippen molar-refractivity contribution >= 4 is 31.0 Å². The summed E-state index contributed by atoms with van der Waals surface area (Å²) in [5.74, 6) is 0. The van der Waals surface area contributed by atoms with Gasteiger partial charge in [-0.15, -0.1) is 0 Å². The molecule has 0 aliphatic rings. The molecule has 6 nitrogen and oxygen atoms in total. The van der Waals surface area contributed by atoms with Crippen molar-refractivity contribution in [1.82, 2.24) is 0 Å². The molecule has 8 heteroatoms. The maximum Gasteiger partial charge on any atom is 0.296 e. The highest BCUT2D eigenvalue weighted by Crippen LogP contribution is 2.25. The number of fused-ring (bicyclic) bond motifs is 1. The Labute approximate surface area is 219 Å². The lowest BCUT2D eigenvalue weighted by atomic mass is 10.1. The summed E-state index contributed by atoms with van der Waals surface area (Å²) in [6.07, 6.45) is 15.1. The highest BCUT2D eigenvalue weighted by atomic mass is 32.2. The minimum absolute atomic E-state index is 0.0245. The molecule has 0 aliphatic heterocycles. The fourth-order valence-electron chi connectivity index (χ4n) is 4.11. The first-order valence-corrected chi connectivity index (χ1v) is 16.4. The molecular formula is C28H44O6S2. The van der Waals surface area contributed by atoms with Gasteiger partial charge in [-0.25, -0.2) is 0 Å². The van der Waals surface area contributed by atoms with Crippen molar-refractivity contribution in [2.24, 2.45) is 0 Å². The van der Waals surface area contributed by atoms with Crippen LogP contribution >= 0.6 is 0 Å². The van der Waals surface area contributed by atoms with Crippen LogP contribution in [0.1, 0.15) is 104 Å². The van der Waals surface area contributed by atoms with Crippen molar-refractivity contribution in [3.8, 4) is 0 Å². The predicted octanol–water partition coefficient (Wildman–Crippen LogP) is 7.75. The molecule has 2 rings (SSSR count). The highest BCUT2D eigenvalue weighted by molar-refractivity contribution is 7.87. The Morgan fingerprint density at radius 1 is 0.500 bits per heavy atom. The molecule has 0 N–H and O–H groups in total. The zero-order valence-electron chi connectivity index (χ0n) is 22.0. The molecule has 2 aromatic rings. The van der Waals surface area contributed by atoms with Crippen LogP contribution < -0.4 is 0 Å². The molecule has 0 spiro atoms. The van der Waals surface area contributed by atoms with Gasteiger partial charge in [0.1, 0.15) is 0 Å². The average Bonchev–Trinajstić information content (AvgIpc) is 2.86. The standard InChI is InChI=1S/C28H44O6S2/c1-3-5-7-9-11-13-15-21-33-35(29,30)27-19-17-25-18-20-28(24-26(25)23-27)36(31,32)34-22-16-14-12-10-8-6-4-2/h17-20,23-24H,3-16,21-22H2,1-2H3. The summed E-state index contributed by atoms with van der Waals surface area (Å²) in [4.78, 5) is 0.0490. The van der Waals surface area contributed by atoms with Crippen molar-refractivity contribution in [1.29, 1.82) is 0 Å².